The van der Waals surface area contributed by atoms with E-state index in [0.29, 0.717) is 28.7 Å². The maximum Gasteiger partial charge on any atom is 0.228 e. The third-order valence-corrected chi connectivity index (χ3v) is 5.03. The van der Waals surface area contributed by atoms with Crippen molar-refractivity contribution in [3.63, 3.8) is 0 Å². The zero-order valence-corrected chi connectivity index (χ0v) is 15.2. The van der Waals surface area contributed by atoms with Gasteiger partial charge in [0.15, 0.2) is 0 Å². The molecule has 1 saturated carbocycles. The number of benzene rings is 2. The molecule has 2 N–H and O–H groups in total. The zero-order chi connectivity index (χ0) is 18.0. The summed E-state index contributed by atoms with van der Waals surface area (Å²) in [5.41, 5.74) is 2.47. The van der Waals surface area contributed by atoms with Crippen LogP contribution in [-0.2, 0) is 16.1 Å². The molecule has 130 valence electrons. The molecule has 2 aromatic rings. The Labute approximate surface area is 156 Å². The van der Waals surface area contributed by atoms with Gasteiger partial charge in [-0.2, -0.15) is 0 Å². The summed E-state index contributed by atoms with van der Waals surface area (Å²) in [6, 6.07) is 12.7. The highest BCUT2D eigenvalue weighted by molar-refractivity contribution is 6.31. The summed E-state index contributed by atoms with van der Waals surface area (Å²) < 4.78 is 0. The van der Waals surface area contributed by atoms with Gasteiger partial charge in [-0.25, -0.2) is 0 Å². The number of anilines is 1. The fraction of sp³-hybridized carbons (Fsp3) is 0.263. The Hall–Kier alpha value is -2.04. The predicted octanol–water partition coefficient (Wildman–Crippen LogP) is 4.19. The fourth-order valence-corrected chi connectivity index (χ4v) is 2.97. The van der Waals surface area contributed by atoms with Crippen molar-refractivity contribution in [2.75, 3.05) is 5.32 Å². The van der Waals surface area contributed by atoms with E-state index in [4.69, 9.17) is 23.2 Å². The molecule has 2 amide bonds. The minimum atomic E-state index is -0.288. The molecule has 6 heteroatoms. The first kappa shape index (κ1) is 17.8. The van der Waals surface area contributed by atoms with Gasteiger partial charge < -0.3 is 10.6 Å². The number of amides is 2. The summed E-state index contributed by atoms with van der Waals surface area (Å²) in [4.78, 5) is 24.5. The quantitative estimate of drug-likeness (QED) is 0.821. The lowest BCUT2D eigenvalue weighted by molar-refractivity contribution is -0.125. The number of rotatable bonds is 5. The van der Waals surface area contributed by atoms with Gasteiger partial charge in [-0.1, -0.05) is 41.4 Å². The summed E-state index contributed by atoms with van der Waals surface area (Å²) in [6.07, 6.45) is 0.567. The van der Waals surface area contributed by atoms with Crippen LogP contribution in [0.25, 0.3) is 0 Å². The Kier molecular flexibility index (Phi) is 5.30. The highest BCUT2D eigenvalue weighted by Gasteiger charge is 2.47. The topological polar surface area (TPSA) is 58.2 Å². The van der Waals surface area contributed by atoms with Crippen molar-refractivity contribution >= 4 is 40.7 Å². The molecular weight excluding hydrogens is 359 g/mol. The largest absolute Gasteiger partial charge is 0.352 e. The van der Waals surface area contributed by atoms with Crippen LogP contribution in [0.1, 0.15) is 17.5 Å². The number of nitrogens with one attached hydrogen (secondary N) is 2. The molecule has 4 nitrogen and oxygen atoms in total. The van der Waals surface area contributed by atoms with Gasteiger partial charge in [0.25, 0.3) is 0 Å². The number of hydrogen-bond acceptors (Lipinski definition) is 2. The van der Waals surface area contributed by atoms with Crippen LogP contribution >= 0.6 is 23.2 Å². The van der Waals surface area contributed by atoms with Gasteiger partial charge in [-0.15, -0.1) is 0 Å². The van der Waals surface area contributed by atoms with Crippen molar-refractivity contribution in [1.29, 1.82) is 0 Å². The van der Waals surface area contributed by atoms with Crippen molar-refractivity contribution in [2.24, 2.45) is 11.8 Å². The predicted molar refractivity (Wildman–Crippen MR) is 99.7 cm³/mol. The molecule has 0 aliphatic heterocycles. The van der Waals surface area contributed by atoms with Gasteiger partial charge in [0, 0.05) is 22.3 Å². The van der Waals surface area contributed by atoms with E-state index in [0.717, 1.165) is 11.1 Å². The van der Waals surface area contributed by atoms with E-state index < -0.39 is 0 Å². The van der Waals surface area contributed by atoms with Gasteiger partial charge in [0.2, 0.25) is 11.8 Å². The molecule has 2 unspecified atom stereocenters. The first-order chi connectivity index (χ1) is 12.0. The molecular formula is C19H18Cl2N2O2. The average molecular weight is 377 g/mol. The number of halogens is 2. The monoisotopic (exact) mass is 376 g/mol. The second-order valence-electron chi connectivity index (χ2n) is 6.19. The Morgan fingerprint density at radius 2 is 1.72 bits per heavy atom. The molecule has 0 spiro atoms. The average Bonchev–Trinajstić information content (AvgIpc) is 3.39. The standard InChI is InChI=1S/C19H18Cl2N2O2/c1-11-16(21)3-2-4-17(11)23-19(25)15-9-14(15)18(24)22-10-12-5-7-13(20)8-6-12/h2-8,14-15H,9-10H2,1H3,(H,22,24)(H,23,25). The molecule has 3 rings (SSSR count). The van der Waals surface area contributed by atoms with Crippen LogP contribution in [0, 0.1) is 18.8 Å². The molecule has 25 heavy (non-hydrogen) atoms. The van der Waals surface area contributed by atoms with Gasteiger partial charge in [0.05, 0.1) is 11.8 Å². The van der Waals surface area contributed by atoms with Gasteiger partial charge in [-0.3, -0.25) is 9.59 Å². The number of carbonyl (C=O) groups excluding carboxylic acids is 2. The van der Waals surface area contributed by atoms with E-state index >= 15 is 0 Å². The van der Waals surface area contributed by atoms with Crippen LogP contribution in [0.3, 0.4) is 0 Å². The second kappa shape index (κ2) is 7.46. The molecule has 1 aliphatic carbocycles. The van der Waals surface area contributed by atoms with Gasteiger partial charge in [0.1, 0.15) is 0 Å². The number of hydrogen-bond donors (Lipinski definition) is 2. The Bertz CT molecular complexity index is 806. The van der Waals surface area contributed by atoms with E-state index in [1.807, 2.05) is 19.1 Å². The third-order valence-electron chi connectivity index (χ3n) is 4.37. The van der Waals surface area contributed by atoms with Gasteiger partial charge in [-0.05, 0) is 48.7 Å². The van der Waals surface area contributed by atoms with Crippen LogP contribution in [-0.4, -0.2) is 11.8 Å². The smallest absolute Gasteiger partial charge is 0.228 e. The second-order valence-corrected chi connectivity index (χ2v) is 7.04. The van der Waals surface area contributed by atoms with Crippen molar-refractivity contribution in [2.45, 2.75) is 19.9 Å². The SMILES string of the molecule is Cc1c(Cl)cccc1NC(=O)C1CC1C(=O)NCc1ccc(Cl)cc1. The Morgan fingerprint density at radius 3 is 2.44 bits per heavy atom. The lowest BCUT2D eigenvalue weighted by atomic mass is 10.2. The summed E-state index contributed by atoms with van der Waals surface area (Å²) in [7, 11) is 0. The fourth-order valence-electron chi connectivity index (χ4n) is 2.67. The normalized spacial score (nSPS) is 18.5. The van der Waals surface area contributed by atoms with Crippen LogP contribution in [0.5, 0.6) is 0 Å². The first-order valence-electron chi connectivity index (χ1n) is 8.04. The van der Waals surface area contributed by atoms with E-state index in [-0.39, 0.29) is 23.7 Å². The first-order valence-corrected chi connectivity index (χ1v) is 8.79. The molecule has 0 heterocycles. The summed E-state index contributed by atoms with van der Waals surface area (Å²) >= 11 is 11.9. The van der Waals surface area contributed by atoms with Crippen molar-refractivity contribution in [1.82, 2.24) is 5.32 Å². The Morgan fingerprint density at radius 1 is 1.04 bits per heavy atom. The highest BCUT2D eigenvalue weighted by atomic mass is 35.5. The van der Waals surface area contributed by atoms with Crippen LogP contribution in [0.4, 0.5) is 5.69 Å². The maximum atomic E-state index is 12.3. The maximum absolute atomic E-state index is 12.3. The Balaban J connectivity index is 1.51. The molecule has 0 bridgehead atoms. The summed E-state index contributed by atoms with van der Waals surface area (Å²) in [6.45, 7) is 2.27. The van der Waals surface area contributed by atoms with E-state index in [2.05, 4.69) is 10.6 Å². The minimum Gasteiger partial charge on any atom is -0.352 e. The molecule has 1 fully saturated rings. The third kappa shape index (κ3) is 4.33. The van der Waals surface area contributed by atoms with E-state index in [9.17, 15) is 9.59 Å². The molecule has 0 aromatic heterocycles. The van der Waals surface area contributed by atoms with E-state index in [1.165, 1.54) is 0 Å². The lowest BCUT2D eigenvalue weighted by Crippen LogP contribution is -2.27. The van der Waals surface area contributed by atoms with Crippen molar-refractivity contribution in [3.8, 4) is 0 Å². The molecule has 1 aliphatic rings. The van der Waals surface area contributed by atoms with Crippen LogP contribution in [0.15, 0.2) is 42.5 Å². The highest BCUT2D eigenvalue weighted by Crippen LogP contribution is 2.40. The summed E-state index contributed by atoms with van der Waals surface area (Å²) in [5.74, 6) is -0.801. The van der Waals surface area contributed by atoms with Crippen molar-refractivity contribution in [3.05, 3.63) is 63.6 Å². The van der Waals surface area contributed by atoms with Gasteiger partial charge >= 0.3 is 0 Å². The molecule has 2 aromatic carbocycles. The van der Waals surface area contributed by atoms with Crippen LogP contribution in [0.2, 0.25) is 10.0 Å². The zero-order valence-electron chi connectivity index (χ0n) is 13.7. The lowest BCUT2D eigenvalue weighted by Gasteiger charge is -2.09. The van der Waals surface area contributed by atoms with Crippen molar-refractivity contribution < 1.29 is 9.59 Å². The molecule has 0 radical (unpaired) electrons. The summed E-state index contributed by atoms with van der Waals surface area (Å²) in [5, 5.41) is 6.99. The minimum absolute atomic E-state index is 0.0992. The number of carbonyl (C=O) groups is 2. The molecule has 0 saturated heterocycles. The molecule has 2 atom stereocenters. The van der Waals surface area contributed by atoms with E-state index in [1.54, 1.807) is 30.3 Å². The van der Waals surface area contributed by atoms with Crippen LogP contribution < -0.4 is 10.6 Å².